The van der Waals surface area contributed by atoms with Crippen LogP contribution in [0.25, 0.3) is 0 Å². The van der Waals surface area contributed by atoms with Gasteiger partial charge in [-0.05, 0) is 24.5 Å². The molecule has 1 aromatic rings. The van der Waals surface area contributed by atoms with Gasteiger partial charge in [0.25, 0.3) is 0 Å². The van der Waals surface area contributed by atoms with Crippen molar-refractivity contribution in [2.75, 3.05) is 11.9 Å². The summed E-state index contributed by atoms with van der Waals surface area (Å²) in [6.45, 7) is 8.69. The van der Waals surface area contributed by atoms with Gasteiger partial charge in [0.05, 0.1) is 5.00 Å². The molecule has 1 aromatic heterocycles. The molecule has 3 nitrogen and oxygen atoms in total. The molecule has 4 heteroatoms. The Hall–Kier alpha value is -1.03. The summed E-state index contributed by atoms with van der Waals surface area (Å²) in [6.07, 6.45) is 0. The average Bonchev–Trinajstić information content (AvgIpc) is 2.62. The fraction of sp³-hybridized carbons (Fsp3) is 0.583. The van der Waals surface area contributed by atoms with Crippen LogP contribution in [0.2, 0.25) is 0 Å². The predicted molar refractivity (Wildman–Crippen MR) is 68.6 cm³/mol. The average molecular weight is 241 g/mol. The van der Waals surface area contributed by atoms with Gasteiger partial charge in [0.2, 0.25) is 0 Å². The first-order valence-corrected chi connectivity index (χ1v) is 6.11. The highest BCUT2D eigenvalue weighted by Crippen LogP contribution is 2.31. The van der Waals surface area contributed by atoms with E-state index in [4.69, 9.17) is 5.11 Å². The number of hydrogen-bond donors (Lipinski definition) is 1. The molecule has 0 saturated heterocycles. The summed E-state index contributed by atoms with van der Waals surface area (Å²) in [5.41, 5.74) is 0.169. The molecular formula is C12H19NO2S. The van der Waals surface area contributed by atoms with Crippen LogP contribution in [-0.4, -0.2) is 24.2 Å². The number of carboxylic acids is 1. The molecule has 0 fully saturated rings. The molecule has 1 atom stereocenters. The maximum atomic E-state index is 10.8. The first-order valence-electron chi connectivity index (χ1n) is 5.29. The van der Waals surface area contributed by atoms with Gasteiger partial charge in [0.15, 0.2) is 0 Å². The highest BCUT2D eigenvalue weighted by molar-refractivity contribution is 7.17. The second-order valence-corrected chi connectivity index (χ2v) is 6.16. The van der Waals surface area contributed by atoms with E-state index < -0.39 is 5.97 Å². The molecule has 0 aromatic carbocycles. The molecule has 0 amide bonds. The Bertz CT molecular complexity index is 379. The van der Waals surface area contributed by atoms with Crippen LogP contribution in [0, 0.1) is 5.41 Å². The largest absolute Gasteiger partial charge is 0.477 e. The molecule has 0 spiro atoms. The highest BCUT2D eigenvalue weighted by Gasteiger charge is 2.25. The lowest BCUT2D eigenvalue weighted by Gasteiger charge is -2.35. The number of aromatic carboxylic acids is 1. The Morgan fingerprint density at radius 2 is 2.00 bits per heavy atom. The summed E-state index contributed by atoms with van der Waals surface area (Å²) in [7, 11) is 2.01. The monoisotopic (exact) mass is 241 g/mol. The number of anilines is 1. The standard InChI is InChI=1S/C12H19NO2S/c1-8(12(2,3)4)13(5)10-7-6-9(16-10)11(14)15/h6-8H,1-5H3,(H,14,15). The van der Waals surface area contributed by atoms with E-state index in [-0.39, 0.29) is 5.41 Å². The lowest BCUT2D eigenvalue weighted by Crippen LogP contribution is -2.38. The molecule has 1 unspecified atom stereocenters. The summed E-state index contributed by atoms with van der Waals surface area (Å²) in [5.74, 6) is -0.854. The Morgan fingerprint density at radius 3 is 2.38 bits per heavy atom. The minimum Gasteiger partial charge on any atom is -0.477 e. The number of rotatable bonds is 3. The SMILES string of the molecule is CC(N(C)c1ccc(C(=O)O)s1)C(C)(C)C. The number of carboxylic acid groups (broad SMARTS) is 1. The summed E-state index contributed by atoms with van der Waals surface area (Å²) in [6, 6.07) is 3.89. The van der Waals surface area contributed by atoms with Crippen LogP contribution in [0.15, 0.2) is 12.1 Å². The van der Waals surface area contributed by atoms with Gasteiger partial charge in [-0.3, -0.25) is 0 Å². The second kappa shape index (κ2) is 4.45. The van der Waals surface area contributed by atoms with Gasteiger partial charge in [-0.25, -0.2) is 4.79 Å². The van der Waals surface area contributed by atoms with Crippen molar-refractivity contribution in [1.29, 1.82) is 0 Å². The van der Waals surface area contributed by atoms with E-state index in [2.05, 4.69) is 32.6 Å². The van der Waals surface area contributed by atoms with Gasteiger partial charge in [-0.1, -0.05) is 20.8 Å². The first kappa shape index (κ1) is 13.0. The van der Waals surface area contributed by atoms with Crippen molar-refractivity contribution in [3.63, 3.8) is 0 Å². The molecule has 1 rings (SSSR count). The van der Waals surface area contributed by atoms with Crippen molar-refractivity contribution < 1.29 is 9.90 Å². The zero-order valence-corrected chi connectivity index (χ0v) is 11.3. The van der Waals surface area contributed by atoms with Gasteiger partial charge in [0.1, 0.15) is 4.88 Å². The molecule has 0 saturated carbocycles. The highest BCUT2D eigenvalue weighted by atomic mass is 32.1. The van der Waals surface area contributed by atoms with Crippen LogP contribution in [0.5, 0.6) is 0 Å². The molecule has 0 aliphatic rings. The minimum atomic E-state index is -0.854. The lowest BCUT2D eigenvalue weighted by atomic mass is 9.87. The zero-order chi connectivity index (χ0) is 12.5. The summed E-state index contributed by atoms with van der Waals surface area (Å²) >= 11 is 1.32. The van der Waals surface area contributed by atoms with E-state index in [1.807, 2.05) is 13.1 Å². The van der Waals surface area contributed by atoms with E-state index in [1.54, 1.807) is 6.07 Å². The third kappa shape index (κ3) is 2.76. The molecule has 0 radical (unpaired) electrons. The Morgan fingerprint density at radius 1 is 1.44 bits per heavy atom. The van der Waals surface area contributed by atoms with Crippen molar-refractivity contribution in [3.05, 3.63) is 17.0 Å². The van der Waals surface area contributed by atoms with Gasteiger partial charge in [-0.15, -0.1) is 11.3 Å². The Balaban J connectivity index is 2.88. The lowest BCUT2D eigenvalue weighted by molar-refractivity contribution is 0.0702. The van der Waals surface area contributed by atoms with Crippen LogP contribution in [0.3, 0.4) is 0 Å². The molecule has 0 aliphatic heterocycles. The van der Waals surface area contributed by atoms with E-state index in [0.717, 1.165) is 5.00 Å². The van der Waals surface area contributed by atoms with Gasteiger partial charge in [-0.2, -0.15) is 0 Å². The third-order valence-corrected chi connectivity index (χ3v) is 4.15. The first-order chi connectivity index (χ1) is 7.23. The van der Waals surface area contributed by atoms with Crippen LogP contribution in [0.4, 0.5) is 5.00 Å². The van der Waals surface area contributed by atoms with E-state index in [0.29, 0.717) is 10.9 Å². The quantitative estimate of drug-likeness (QED) is 0.882. The van der Waals surface area contributed by atoms with Crippen LogP contribution < -0.4 is 4.90 Å². The number of nitrogens with zero attached hydrogens (tertiary/aromatic N) is 1. The minimum absolute atomic E-state index is 0.169. The third-order valence-electron chi connectivity index (χ3n) is 2.98. The predicted octanol–water partition coefficient (Wildman–Crippen LogP) is 3.32. The number of hydrogen-bond acceptors (Lipinski definition) is 3. The molecule has 90 valence electrons. The van der Waals surface area contributed by atoms with Crippen LogP contribution >= 0.6 is 11.3 Å². The second-order valence-electron chi connectivity index (χ2n) is 5.10. The molecule has 16 heavy (non-hydrogen) atoms. The number of thiophene rings is 1. The fourth-order valence-electron chi connectivity index (χ4n) is 1.40. The van der Waals surface area contributed by atoms with Crippen molar-refractivity contribution in [3.8, 4) is 0 Å². The molecule has 1 heterocycles. The summed E-state index contributed by atoms with van der Waals surface area (Å²) in [4.78, 5) is 13.3. The molecule has 0 aliphatic carbocycles. The summed E-state index contributed by atoms with van der Waals surface area (Å²) in [5, 5.41) is 9.87. The van der Waals surface area contributed by atoms with Gasteiger partial charge < -0.3 is 10.0 Å². The van der Waals surface area contributed by atoms with Crippen molar-refractivity contribution in [1.82, 2.24) is 0 Å². The maximum Gasteiger partial charge on any atom is 0.345 e. The zero-order valence-electron chi connectivity index (χ0n) is 10.4. The topological polar surface area (TPSA) is 40.5 Å². The Labute approximate surface area is 101 Å². The smallest absolute Gasteiger partial charge is 0.345 e. The van der Waals surface area contributed by atoms with E-state index in [1.165, 1.54) is 11.3 Å². The Kier molecular flexibility index (Phi) is 3.63. The van der Waals surface area contributed by atoms with E-state index >= 15 is 0 Å². The molecule has 0 bridgehead atoms. The molecular weight excluding hydrogens is 222 g/mol. The van der Waals surface area contributed by atoms with Crippen LogP contribution in [-0.2, 0) is 0 Å². The van der Waals surface area contributed by atoms with Crippen molar-refractivity contribution in [2.45, 2.75) is 33.7 Å². The fourth-order valence-corrected chi connectivity index (χ4v) is 2.29. The maximum absolute atomic E-state index is 10.8. The van der Waals surface area contributed by atoms with Gasteiger partial charge in [0, 0.05) is 13.1 Å². The summed E-state index contributed by atoms with van der Waals surface area (Å²) < 4.78 is 0. The normalized spacial score (nSPS) is 13.6. The van der Waals surface area contributed by atoms with Gasteiger partial charge >= 0.3 is 5.97 Å². The van der Waals surface area contributed by atoms with Crippen molar-refractivity contribution in [2.24, 2.45) is 5.41 Å². The van der Waals surface area contributed by atoms with E-state index in [9.17, 15) is 4.79 Å². The van der Waals surface area contributed by atoms with Crippen molar-refractivity contribution >= 4 is 22.3 Å². The van der Waals surface area contributed by atoms with Crippen LogP contribution in [0.1, 0.15) is 37.4 Å². The number of carbonyl (C=O) groups is 1. The molecule has 1 N–H and O–H groups in total.